The largest absolute Gasteiger partial charge is 0.480 e. The number of carboxylic acids is 1. The summed E-state index contributed by atoms with van der Waals surface area (Å²) in [5, 5.41) is 12.1. The van der Waals surface area contributed by atoms with Crippen molar-refractivity contribution in [2.24, 2.45) is 5.92 Å². The monoisotopic (exact) mass is 378 g/mol. The number of imide groups is 1. The molecule has 3 amide bonds. The molecule has 9 nitrogen and oxygen atoms in total. The van der Waals surface area contributed by atoms with E-state index < -0.39 is 29.7 Å². The minimum atomic E-state index is -1.09. The summed E-state index contributed by atoms with van der Waals surface area (Å²) < 4.78 is 5.23. The molecule has 1 aliphatic rings. The number of nitrogens with one attached hydrogen (secondary N) is 1. The Morgan fingerprint density at radius 2 is 1.67 bits per heavy atom. The fourth-order valence-corrected chi connectivity index (χ4v) is 2.50. The number of aliphatic carboxylic acids is 1. The molecular formula is C18H22N2O7. The van der Waals surface area contributed by atoms with Crippen molar-refractivity contribution < 1.29 is 33.9 Å². The molecule has 0 bridgehead atoms. The third-order valence-corrected chi connectivity index (χ3v) is 3.93. The Morgan fingerprint density at radius 3 is 2.19 bits per heavy atom. The van der Waals surface area contributed by atoms with Crippen molar-refractivity contribution >= 4 is 23.7 Å². The van der Waals surface area contributed by atoms with Gasteiger partial charge in [-0.25, -0.2) is 4.79 Å². The Morgan fingerprint density at radius 1 is 1.07 bits per heavy atom. The van der Waals surface area contributed by atoms with Crippen LogP contribution in [0.2, 0.25) is 0 Å². The van der Waals surface area contributed by atoms with Crippen molar-refractivity contribution in [1.82, 2.24) is 10.4 Å². The number of carboxylic acid groups (broad SMARTS) is 1. The number of fused-ring (bicyclic) bond motifs is 1. The Balaban J connectivity index is 1.66. The molecular weight excluding hydrogens is 356 g/mol. The standard InChI is InChI=1S/C18H22N2O7/c1-11(2)15(18(24)25)19-14(21)7-8-26-9-10-27-20-16(22)12-5-3-4-6-13(12)17(20)23/h3-6,11,15H,7-10H2,1-2H3,(H,19,21)(H,24,25)/t15-/m0/s1. The molecule has 146 valence electrons. The molecule has 0 aromatic heterocycles. The van der Waals surface area contributed by atoms with E-state index in [9.17, 15) is 19.2 Å². The van der Waals surface area contributed by atoms with Crippen LogP contribution in [0.4, 0.5) is 0 Å². The van der Waals surface area contributed by atoms with E-state index in [1.807, 2.05) is 0 Å². The zero-order chi connectivity index (χ0) is 20.0. The van der Waals surface area contributed by atoms with Gasteiger partial charge in [-0.1, -0.05) is 26.0 Å². The van der Waals surface area contributed by atoms with Crippen molar-refractivity contribution in [3.63, 3.8) is 0 Å². The number of amides is 3. The van der Waals surface area contributed by atoms with Crippen molar-refractivity contribution in [1.29, 1.82) is 0 Å². The second kappa shape index (κ2) is 9.24. The summed E-state index contributed by atoms with van der Waals surface area (Å²) in [6.07, 6.45) is -0.0104. The third kappa shape index (κ3) is 5.11. The molecule has 0 spiro atoms. The molecule has 1 aromatic rings. The van der Waals surface area contributed by atoms with E-state index in [4.69, 9.17) is 14.7 Å². The van der Waals surface area contributed by atoms with Crippen LogP contribution >= 0.6 is 0 Å². The Hall–Kier alpha value is -2.78. The highest BCUT2D eigenvalue weighted by molar-refractivity contribution is 6.20. The van der Waals surface area contributed by atoms with E-state index in [0.29, 0.717) is 16.2 Å². The van der Waals surface area contributed by atoms with Crippen molar-refractivity contribution in [2.75, 3.05) is 19.8 Å². The lowest BCUT2D eigenvalue weighted by molar-refractivity contribution is -0.143. The number of rotatable bonds is 10. The van der Waals surface area contributed by atoms with Gasteiger partial charge in [-0.15, -0.1) is 5.06 Å². The number of hydrogen-bond acceptors (Lipinski definition) is 6. The molecule has 1 aliphatic heterocycles. The maximum atomic E-state index is 12.1. The molecule has 0 saturated carbocycles. The van der Waals surface area contributed by atoms with E-state index in [1.165, 1.54) is 0 Å². The van der Waals surface area contributed by atoms with E-state index in [0.717, 1.165) is 0 Å². The normalized spacial score (nSPS) is 14.4. The number of nitrogens with zero attached hydrogens (tertiary/aromatic N) is 1. The Kier molecular flexibility index (Phi) is 7.03. The summed E-state index contributed by atoms with van der Waals surface area (Å²) in [5.74, 6) is -2.81. The van der Waals surface area contributed by atoms with Gasteiger partial charge < -0.3 is 15.2 Å². The van der Waals surface area contributed by atoms with E-state index in [1.54, 1.807) is 38.1 Å². The summed E-state index contributed by atoms with van der Waals surface area (Å²) in [6, 6.07) is 5.48. The van der Waals surface area contributed by atoms with Crippen molar-refractivity contribution in [3.8, 4) is 0 Å². The van der Waals surface area contributed by atoms with Gasteiger partial charge in [0.2, 0.25) is 5.91 Å². The first-order valence-corrected chi connectivity index (χ1v) is 8.53. The number of hydroxylamine groups is 2. The topological polar surface area (TPSA) is 122 Å². The van der Waals surface area contributed by atoms with Gasteiger partial charge in [0, 0.05) is 6.42 Å². The highest BCUT2D eigenvalue weighted by atomic mass is 16.7. The summed E-state index contributed by atoms with van der Waals surface area (Å²) >= 11 is 0. The van der Waals surface area contributed by atoms with Crippen molar-refractivity contribution in [3.05, 3.63) is 35.4 Å². The van der Waals surface area contributed by atoms with Crippen LogP contribution in [-0.2, 0) is 19.2 Å². The average Bonchev–Trinajstić information content (AvgIpc) is 2.87. The van der Waals surface area contributed by atoms with Crippen LogP contribution in [0.1, 0.15) is 41.0 Å². The molecule has 1 atom stereocenters. The number of benzene rings is 1. The molecule has 0 fully saturated rings. The highest BCUT2D eigenvalue weighted by Crippen LogP contribution is 2.22. The second-order valence-corrected chi connectivity index (χ2v) is 6.27. The van der Waals surface area contributed by atoms with Crippen molar-refractivity contribution in [2.45, 2.75) is 26.3 Å². The fraction of sp³-hybridized carbons (Fsp3) is 0.444. The lowest BCUT2D eigenvalue weighted by Crippen LogP contribution is -2.44. The fourth-order valence-electron chi connectivity index (χ4n) is 2.50. The quantitative estimate of drug-likeness (QED) is 0.457. The third-order valence-electron chi connectivity index (χ3n) is 3.93. The van der Waals surface area contributed by atoms with Gasteiger partial charge in [0.1, 0.15) is 6.04 Å². The van der Waals surface area contributed by atoms with Crippen LogP contribution < -0.4 is 5.32 Å². The summed E-state index contributed by atoms with van der Waals surface area (Å²) in [6.45, 7) is 3.48. The average molecular weight is 378 g/mol. The molecule has 9 heteroatoms. The zero-order valence-corrected chi connectivity index (χ0v) is 15.1. The van der Waals surface area contributed by atoms with Gasteiger partial charge in [0.25, 0.3) is 11.8 Å². The van der Waals surface area contributed by atoms with E-state index in [-0.39, 0.29) is 32.2 Å². The van der Waals surface area contributed by atoms with Gasteiger partial charge in [0.15, 0.2) is 0 Å². The van der Waals surface area contributed by atoms with Crippen LogP contribution in [0, 0.1) is 5.92 Å². The summed E-state index contributed by atoms with van der Waals surface area (Å²) in [4.78, 5) is 52.1. The maximum Gasteiger partial charge on any atom is 0.326 e. The Bertz CT molecular complexity index is 697. The highest BCUT2D eigenvalue weighted by Gasteiger charge is 2.36. The van der Waals surface area contributed by atoms with E-state index in [2.05, 4.69) is 5.32 Å². The first-order chi connectivity index (χ1) is 12.8. The van der Waals surface area contributed by atoms with Crippen LogP contribution in [0.15, 0.2) is 24.3 Å². The lowest BCUT2D eigenvalue weighted by Gasteiger charge is -2.17. The first kappa shape index (κ1) is 20.5. The summed E-state index contributed by atoms with van der Waals surface area (Å²) in [7, 11) is 0. The Labute approximate surface area is 156 Å². The molecule has 0 aliphatic carbocycles. The molecule has 0 saturated heterocycles. The van der Waals surface area contributed by atoms with Crippen LogP contribution in [0.3, 0.4) is 0 Å². The predicted molar refractivity (Wildman–Crippen MR) is 92.7 cm³/mol. The number of hydrogen-bond donors (Lipinski definition) is 2. The minimum Gasteiger partial charge on any atom is -0.480 e. The molecule has 2 N–H and O–H groups in total. The number of carbonyl (C=O) groups excluding carboxylic acids is 3. The van der Waals surface area contributed by atoms with Crippen LogP contribution in [0.5, 0.6) is 0 Å². The lowest BCUT2D eigenvalue weighted by atomic mass is 10.0. The first-order valence-electron chi connectivity index (χ1n) is 8.53. The molecule has 27 heavy (non-hydrogen) atoms. The van der Waals surface area contributed by atoms with Gasteiger partial charge >= 0.3 is 5.97 Å². The smallest absolute Gasteiger partial charge is 0.326 e. The van der Waals surface area contributed by atoms with Crippen LogP contribution in [-0.4, -0.2) is 59.7 Å². The molecule has 2 rings (SSSR count). The molecule has 0 radical (unpaired) electrons. The molecule has 0 unspecified atom stereocenters. The molecule has 1 aromatic carbocycles. The summed E-state index contributed by atoms with van der Waals surface area (Å²) in [5.41, 5.74) is 0.580. The number of ether oxygens (including phenoxy) is 1. The molecule has 1 heterocycles. The van der Waals surface area contributed by atoms with Gasteiger partial charge in [-0.2, -0.15) is 0 Å². The predicted octanol–water partition coefficient (Wildman–Crippen LogP) is 0.846. The van der Waals surface area contributed by atoms with Gasteiger partial charge in [-0.3, -0.25) is 19.2 Å². The maximum absolute atomic E-state index is 12.1. The second-order valence-electron chi connectivity index (χ2n) is 6.27. The minimum absolute atomic E-state index is 0.0104. The number of carbonyl (C=O) groups is 4. The van der Waals surface area contributed by atoms with Gasteiger partial charge in [0.05, 0.1) is 30.9 Å². The van der Waals surface area contributed by atoms with Crippen LogP contribution in [0.25, 0.3) is 0 Å². The SMILES string of the molecule is CC(C)[C@H](NC(=O)CCOCCON1C(=O)c2ccccc2C1=O)C(=O)O. The zero-order valence-electron chi connectivity index (χ0n) is 15.1. The van der Waals surface area contributed by atoms with E-state index >= 15 is 0 Å². The van der Waals surface area contributed by atoms with Gasteiger partial charge in [-0.05, 0) is 18.1 Å².